The molecule has 0 aliphatic heterocycles. The van der Waals surface area contributed by atoms with Gasteiger partial charge in [0.25, 0.3) is 0 Å². The van der Waals surface area contributed by atoms with E-state index in [-0.39, 0.29) is 5.54 Å². The number of hydrogen-bond donors (Lipinski definition) is 1. The van der Waals surface area contributed by atoms with Crippen LogP contribution < -0.4 is 10.1 Å². The lowest BCUT2D eigenvalue weighted by Gasteiger charge is -2.29. The number of benzene rings is 1. The van der Waals surface area contributed by atoms with Gasteiger partial charge in [0, 0.05) is 19.3 Å². The predicted octanol–water partition coefficient (Wildman–Crippen LogP) is 3.52. The normalized spacial score (nSPS) is 14.8. The lowest BCUT2D eigenvalue weighted by Crippen LogP contribution is -2.41. The SMILES string of the molecule is COCC(C)C(CNC(C)(C)C)Cc1ccccc1OC. The molecule has 3 heteroatoms. The first-order valence-corrected chi connectivity index (χ1v) is 7.73. The summed E-state index contributed by atoms with van der Waals surface area (Å²) in [7, 11) is 3.51. The number of hydrogen-bond acceptors (Lipinski definition) is 3. The molecule has 0 radical (unpaired) electrons. The third-order valence-electron chi connectivity index (χ3n) is 3.80. The number of methoxy groups -OCH3 is 2. The van der Waals surface area contributed by atoms with Crippen LogP contribution in [0.15, 0.2) is 24.3 Å². The molecule has 0 fully saturated rings. The maximum atomic E-state index is 5.48. The van der Waals surface area contributed by atoms with E-state index in [0.29, 0.717) is 11.8 Å². The summed E-state index contributed by atoms with van der Waals surface area (Å²) in [5, 5.41) is 3.62. The Morgan fingerprint density at radius 1 is 1.14 bits per heavy atom. The second-order valence-corrected chi connectivity index (χ2v) is 6.84. The van der Waals surface area contributed by atoms with Gasteiger partial charge in [0.1, 0.15) is 5.75 Å². The van der Waals surface area contributed by atoms with Crippen molar-refractivity contribution >= 4 is 0 Å². The van der Waals surface area contributed by atoms with Gasteiger partial charge in [-0.25, -0.2) is 0 Å². The average molecular weight is 293 g/mol. The number of para-hydroxylation sites is 1. The highest BCUT2D eigenvalue weighted by atomic mass is 16.5. The number of nitrogens with one attached hydrogen (secondary N) is 1. The molecule has 2 unspecified atom stereocenters. The molecule has 0 bridgehead atoms. The van der Waals surface area contributed by atoms with Crippen molar-refractivity contribution < 1.29 is 9.47 Å². The van der Waals surface area contributed by atoms with E-state index in [2.05, 4.69) is 45.1 Å². The van der Waals surface area contributed by atoms with Crippen molar-refractivity contribution in [2.24, 2.45) is 11.8 Å². The molecule has 120 valence electrons. The molecule has 0 saturated carbocycles. The topological polar surface area (TPSA) is 30.5 Å². The summed E-state index contributed by atoms with van der Waals surface area (Å²) >= 11 is 0. The molecule has 0 spiro atoms. The summed E-state index contributed by atoms with van der Waals surface area (Å²) in [6, 6.07) is 8.28. The molecule has 0 aliphatic carbocycles. The summed E-state index contributed by atoms with van der Waals surface area (Å²) in [6.07, 6.45) is 0.998. The lowest BCUT2D eigenvalue weighted by molar-refractivity contribution is 0.125. The number of rotatable bonds is 8. The van der Waals surface area contributed by atoms with Crippen LogP contribution in [-0.2, 0) is 11.2 Å². The summed E-state index contributed by atoms with van der Waals surface area (Å²) in [4.78, 5) is 0. The van der Waals surface area contributed by atoms with Crippen LogP contribution in [0.5, 0.6) is 5.75 Å². The molecule has 1 aromatic rings. The van der Waals surface area contributed by atoms with Crippen LogP contribution >= 0.6 is 0 Å². The number of ether oxygens (including phenoxy) is 2. The minimum atomic E-state index is 0.131. The molecular weight excluding hydrogens is 262 g/mol. The van der Waals surface area contributed by atoms with Gasteiger partial charge < -0.3 is 14.8 Å². The van der Waals surface area contributed by atoms with Crippen LogP contribution in [0, 0.1) is 11.8 Å². The fourth-order valence-corrected chi connectivity index (χ4v) is 2.46. The highest BCUT2D eigenvalue weighted by Crippen LogP contribution is 2.25. The van der Waals surface area contributed by atoms with Gasteiger partial charge >= 0.3 is 0 Å². The standard InChI is InChI=1S/C18H31NO2/c1-14(13-20-5)16(12-19-18(2,3)4)11-15-9-7-8-10-17(15)21-6/h7-10,14,16,19H,11-13H2,1-6H3. The zero-order chi connectivity index (χ0) is 15.9. The maximum absolute atomic E-state index is 5.48. The summed E-state index contributed by atoms with van der Waals surface area (Å²) < 4.78 is 10.8. The third-order valence-corrected chi connectivity index (χ3v) is 3.80. The van der Waals surface area contributed by atoms with E-state index in [9.17, 15) is 0 Å². The maximum Gasteiger partial charge on any atom is 0.122 e. The highest BCUT2D eigenvalue weighted by molar-refractivity contribution is 5.33. The molecule has 3 nitrogen and oxygen atoms in total. The van der Waals surface area contributed by atoms with Crippen molar-refractivity contribution in [3.05, 3.63) is 29.8 Å². The van der Waals surface area contributed by atoms with Crippen molar-refractivity contribution in [1.82, 2.24) is 5.32 Å². The van der Waals surface area contributed by atoms with Crippen LogP contribution in [-0.4, -0.2) is 32.9 Å². The fraction of sp³-hybridized carbons (Fsp3) is 0.667. The molecule has 2 atom stereocenters. The van der Waals surface area contributed by atoms with Crippen LogP contribution in [0.2, 0.25) is 0 Å². The summed E-state index contributed by atoms with van der Waals surface area (Å²) in [6.45, 7) is 10.6. The third kappa shape index (κ3) is 6.49. The average Bonchev–Trinajstić information content (AvgIpc) is 2.43. The Labute approximate surface area is 130 Å². The second kappa shape index (κ2) is 8.40. The van der Waals surface area contributed by atoms with E-state index in [1.165, 1.54) is 5.56 Å². The monoisotopic (exact) mass is 293 g/mol. The lowest BCUT2D eigenvalue weighted by atomic mass is 9.87. The van der Waals surface area contributed by atoms with Crippen molar-refractivity contribution in [1.29, 1.82) is 0 Å². The summed E-state index contributed by atoms with van der Waals surface area (Å²) in [5.74, 6) is 1.98. The first-order valence-electron chi connectivity index (χ1n) is 7.73. The Bertz CT molecular complexity index is 412. The Morgan fingerprint density at radius 3 is 2.38 bits per heavy atom. The summed E-state index contributed by atoms with van der Waals surface area (Å²) in [5.41, 5.74) is 1.40. The smallest absolute Gasteiger partial charge is 0.122 e. The van der Waals surface area contributed by atoms with Crippen LogP contribution in [0.1, 0.15) is 33.3 Å². The van der Waals surface area contributed by atoms with Gasteiger partial charge in [0.15, 0.2) is 0 Å². The van der Waals surface area contributed by atoms with Crippen molar-refractivity contribution in [3.63, 3.8) is 0 Å². The zero-order valence-electron chi connectivity index (χ0n) is 14.4. The molecule has 0 saturated heterocycles. The molecule has 0 heterocycles. The van der Waals surface area contributed by atoms with E-state index in [1.54, 1.807) is 14.2 Å². The molecule has 1 N–H and O–H groups in total. The van der Waals surface area contributed by atoms with Gasteiger partial charge in [-0.1, -0.05) is 25.1 Å². The zero-order valence-corrected chi connectivity index (χ0v) is 14.4. The van der Waals surface area contributed by atoms with E-state index >= 15 is 0 Å². The van der Waals surface area contributed by atoms with Crippen molar-refractivity contribution in [2.75, 3.05) is 27.4 Å². The minimum Gasteiger partial charge on any atom is -0.496 e. The second-order valence-electron chi connectivity index (χ2n) is 6.84. The Kier molecular flexibility index (Phi) is 7.20. The Morgan fingerprint density at radius 2 is 1.81 bits per heavy atom. The van der Waals surface area contributed by atoms with Gasteiger partial charge in [-0.05, 0) is 57.2 Å². The molecular formula is C18H31NO2. The quantitative estimate of drug-likeness (QED) is 0.795. The molecule has 0 amide bonds. The fourth-order valence-electron chi connectivity index (χ4n) is 2.46. The first-order chi connectivity index (χ1) is 9.87. The van der Waals surface area contributed by atoms with Gasteiger partial charge in [0.05, 0.1) is 7.11 Å². The minimum absolute atomic E-state index is 0.131. The van der Waals surface area contributed by atoms with E-state index in [0.717, 1.165) is 25.3 Å². The van der Waals surface area contributed by atoms with Gasteiger partial charge in [-0.2, -0.15) is 0 Å². The molecule has 1 aromatic carbocycles. The van der Waals surface area contributed by atoms with Gasteiger partial charge in [-0.3, -0.25) is 0 Å². The van der Waals surface area contributed by atoms with E-state index in [4.69, 9.17) is 9.47 Å². The van der Waals surface area contributed by atoms with Crippen molar-refractivity contribution in [2.45, 2.75) is 39.7 Å². The largest absolute Gasteiger partial charge is 0.496 e. The first kappa shape index (κ1) is 18.0. The molecule has 0 aromatic heterocycles. The Hall–Kier alpha value is -1.06. The van der Waals surface area contributed by atoms with Gasteiger partial charge in [0.2, 0.25) is 0 Å². The van der Waals surface area contributed by atoms with Crippen LogP contribution in [0.4, 0.5) is 0 Å². The van der Waals surface area contributed by atoms with Crippen molar-refractivity contribution in [3.8, 4) is 5.75 Å². The molecule has 0 aliphatic rings. The van der Waals surface area contributed by atoms with Crippen LogP contribution in [0.25, 0.3) is 0 Å². The van der Waals surface area contributed by atoms with E-state index in [1.807, 2.05) is 12.1 Å². The predicted molar refractivity (Wildman–Crippen MR) is 89.0 cm³/mol. The Balaban J connectivity index is 2.80. The highest BCUT2D eigenvalue weighted by Gasteiger charge is 2.21. The molecule has 1 rings (SSSR count). The van der Waals surface area contributed by atoms with Crippen LogP contribution in [0.3, 0.4) is 0 Å². The van der Waals surface area contributed by atoms with Gasteiger partial charge in [-0.15, -0.1) is 0 Å². The van der Waals surface area contributed by atoms with E-state index < -0.39 is 0 Å². The molecule has 21 heavy (non-hydrogen) atoms.